The Kier molecular flexibility index (Phi) is 5.26. The fraction of sp³-hybridized carbons (Fsp3) is 1.00. The summed E-state index contributed by atoms with van der Waals surface area (Å²) in [6.07, 6.45) is 6.75. The number of aliphatic hydroxyl groups excluding tert-OH is 1. The molecule has 0 saturated heterocycles. The summed E-state index contributed by atoms with van der Waals surface area (Å²) in [6.45, 7) is 8.65. The smallest absolute Gasteiger partial charge is 0.158 e. The van der Waals surface area contributed by atoms with Crippen LogP contribution in [0.2, 0.25) is 0 Å². The van der Waals surface area contributed by atoms with E-state index >= 15 is 0 Å². The van der Waals surface area contributed by atoms with Gasteiger partial charge in [-0.15, -0.1) is 0 Å². The maximum atomic E-state index is 10.2. The van der Waals surface area contributed by atoms with Crippen molar-refractivity contribution in [2.75, 3.05) is 0 Å². The van der Waals surface area contributed by atoms with Crippen LogP contribution in [0.25, 0.3) is 0 Å². The zero-order chi connectivity index (χ0) is 12.2. The van der Waals surface area contributed by atoms with E-state index in [9.17, 15) is 5.11 Å². The van der Waals surface area contributed by atoms with E-state index in [4.69, 9.17) is 4.74 Å². The highest BCUT2D eigenvalue weighted by Crippen LogP contribution is 2.33. The van der Waals surface area contributed by atoms with Crippen LogP contribution >= 0.6 is 0 Å². The minimum Gasteiger partial charge on any atom is -0.368 e. The normalized spacial score (nSPS) is 23.1. The van der Waals surface area contributed by atoms with Crippen LogP contribution in [0.4, 0.5) is 0 Å². The first-order valence-corrected chi connectivity index (χ1v) is 6.78. The summed E-state index contributed by atoms with van der Waals surface area (Å²) in [6, 6.07) is 0. The Labute approximate surface area is 100 Å². The molecule has 2 atom stereocenters. The molecular formula is C14H28O2. The van der Waals surface area contributed by atoms with Gasteiger partial charge in [-0.25, -0.2) is 0 Å². The molecule has 0 spiro atoms. The lowest BCUT2D eigenvalue weighted by atomic mass is 9.78. The summed E-state index contributed by atoms with van der Waals surface area (Å²) >= 11 is 0. The van der Waals surface area contributed by atoms with E-state index in [1.54, 1.807) is 0 Å². The lowest BCUT2D eigenvalue weighted by Gasteiger charge is -2.36. The monoisotopic (exact) mass is 228 g/mol. The Morgan fingerprint density at radius 3 is 2.19 bits per heavy atom. The Hall–Kier alpha value is -0.0800. The van der Waals surface area contributed by atoms with E-state index in [0.717, 1.165) is 19.3 Å². The van der Waals surface area contributed by atoms with Crippen molar-refractivity contribution in [2.24, 2.45) is 11.3 Å². The number of rotatable bonds is 4. The fourth-order valence-corrected chi connectivity index (χ4v) is 2.73. The predicted molar refractivity (Wildman–Crippen MR) is 67.2 cm³/mol. The second-order valence-corrected chi connectivity index (χ2v) is 6.17. The molecule has 0 aromatic carbocycles. The third-order valence-electron chi connectivity index (χ3n) is 3.78. The molecule has 0 heterocycles. The van der Waals surface area contributed by atoms with Crippen LogP contribution in [0.1, 0.15) is 66.2 Å². The molecule has 0 aliphatic heterocycles. The maximum Gasteiger partial charge on any atom is 0.158 e. The average molecular weight is 228 g/mol. The van der Waals surface area contributed by atoms with Crippen molar-refractivity contribution < 1.29 is 9.84 Å². The summed E-state index contributed by atoms with van der Waals surface area (Å²) in [5.74, 6) is 0.231. The molecule has 1 aliphatic rings. The highest BCUT2D eigenvalue weighted by atomic mass is 16.6. The van der Waals surface area contributed by atoms with E-state index in [0.29, 0.717) is 6.10 Å². The van der Waals surface area contributed by atoms with Crippen LogP contribution in [0.5, 0.6) is 0 Å². The number of hydrogen-bond donors (Lipinski definition) is 1. The van der Waals surface area contributed by atoms with Gasteiger partial charge in [0.2, 0.25) is 0 Å². The number of aliphatic hydroxyl groups is 1. The molecule has 1 aliphatic carbocycles. The first-order valence-electron chi connectivity index (χ1n) is 6.78. The maximum absolute atomic E-state index is 10.2. The Morgan fingerprint density at radius 1 is 1.19 bits per heavy atom. The van der Waals surface area contributed by atoms with Gasteiger partial charge in [0.1, 0.15) is 0 Å². The van der Waals surface area contributed by atoms with E-state index in [1.807, 2.05) is 0 Å². The third kappa shape index (κ3) is 4.06. The van der Waals surface area contributed by atoms with Gasteiger partial charge in [0.15, 0.2) is 6.29 Å². The van der Waals surface area contributed by atoms with E-state index in [2.05, 4.69) is 27.7 Å². The zero-order valence-electron chi connectivity index (χ0n) is 11.3. The molecule has 2 nitrogen and oxygen atoms in total. The second kappa shape index (κ2) is 6.02. The standard InChI is InChI=1S/C14H28O2/c1-5-12(14(2,3)4)13(15)16-11-9-7-6-8-10-11/h11-13,15H,5-10H2,1-4H3/t12-,13+/m1/s1. The van der Waals surface area contributed by atoms with Gasteiger partial charge in [0.25, 0.3) is 0 Å². The molecule has 1 N–H and O–H groups in total. The zero-order valence-corrected chi connectivity index (χ0v) is 11.3. The molecule has 0 aromatic rings. The highest BCUT2D eigenvalue weighted by Gasteiger charge is 2.32. The highest BCUT2D eigenvalue weighted by molar-refractivity contribution is 4.76. The average Bonchev–Trinajstić information content (AvgIpc) is 2.17. The van der Waals surface area contributed by atoms with Crippen molar-refractivity contribution in [3.8, 4) is 0 Å². The topological polar surface area (TPSA) is 29.5 Å². The first kappa shape index (κ1) is 14.0. The SMILES string of the molecule is CC[C@H]([C@@H](O)OC1CCCCC1)C(C)(C)C. The largest absolute Gasteiger partial charge is 0.368 e. The van der Waals surface area contributed by atoms with Crippen molar-refractivity contribution in [1.29, 1.82) is 0 Å². The summed E-state index contributed by atoms with van der Waals surface area (Å²) < 4.78 is 5.83. The second-order valence-electron chi connectivity index (χ2n) is 6.17. The van der Waals surface area contributed by atoms with Crippen molar-refractivity contribution in [1.82, 2.24) is 0 Å². The van der Waals surface area contributed by atoms with E-state index < -0.39 is 6.29 Å². The van der Waals surface area contributed by atoms with Crippen LogP contribution < -0.4 is 0 Å². The van der Waals surface area contributed by atoms with Gasteiger partial charge < -0.3 is 9.84 Å². The van der Waals surface area contributed by atoms with Gasteiger partial charge in [0.05, 0.1) is 6.10 Å². The molecule has 1 saturated carbocycles. The van der Waals surface area contributed by atoms with Gasteiger partial charge in [0, 0.05) is 5.92 Å². The Balaban J connectivity index is 2.45. The van der Waals surface area contributed by atoms with Crippen molar-refractivity contribution >= 4 is 0 Å². The Bertz CT molecular complexity index is 189. The number of hydrogen-bond acceptors (Lipinski definition) is 2. The summed E-state index contributed by atoms with van der Waals surface area (Å²) in [5, 5.41) is 10.2. The van der Waals surface area contributed by atoms with Crippen LogP contribution in [-0.4, -0.2) is 17.5 Å². The lowest BCUT2D eigenvalue weighted by Crippen LogP contribution is -2.36. The quantitative estimate of drug-likeness (QED) is 0.743. The predicted octanol–water partition coefficient (Wildman–Crippen LogP) is 3.73. The minimum absolute atomic E-state index is 0.114. The van der Waals surface area contributed by atoms with Crippen molar-refractivity contribution in [2.45, 2.75) is 78.6 Å². The van der Waals surface area contributed by atoms with Crippen LogP contribution in [-0.2, 0) is 4.74 Å². The molecule has 0 unspecified atom stereocenters. The summed E-state index contributed by atoms with van der Waals surface area (Å²) in [7, 11) is 0. The van der Waals surface area contributed by atoms with Crippen molar-refractivity contribution in [3.63, 3.8) is 0 Å². The van der Waals surface area contributed by atoms with Gasteiger partial charge in [-0.1, -0.05) is 47.0 Å². The van der Waals surface area contributed by atoms with Gasteiger partial charge in [-0.3, -0.25) is 0 Å². The molecule has 1 fully saturated rings. The molecule has 0 radical (unpaired) electrons. The molecule has 1 rings (SSSR count). The molecule has 96 valence electrons. The van der Waals surface area contributed by atoms with Crippen LogP contribution in [0.3, 0.4) is 0 Å². The van der Waals surface area contributed by atoms with Crippen molar-refractivity contribution in [3.05, 3.63) is 0 Å². The van der Waals surface area contributed by atoms with E-state index in [1.165, 1.54) is 19.3 Å². The first-order chi connectivity index (χ1) is 7.45. The van der Waals surface area contributed by atoms with Gasteiger partial charge in [-0.05, 0) is 24.7 Å². The third-order valence-corrected chi connectivity index (χ3v) is 3.78. The molecular weight excluding hydrogens is 200 g/mol. The minimum atomic E-state index is -0.590. The Morgan fingerprint density at radius 2 is 1.75 bits per heavy atom. The van der Waals surface area contributed by atoms with E-state index in [-0.39, 0.29) is 11.3 Å². The fourth-order valence-electron chi connectivity index (χ4n) is 2.73. The molecule has 0 amide bonds. The van der Waals surface area contributed by atoms with Gasteiger partial charge >= 0.3 is 0 Å². The number of ether oxygens (including phenoxy) is 1. The molecule has 0 aromatic heterocycles. The molecule has 16 heavy (non-hydrogen) atoms. The van der Waals surface area contributed by atoms with Crippen LogP contribution in [0, 0.1) is 11.3 Å². The summed E-state index contributed by atoms with van der Waals surface area (Å²) in [5.41, 5.74) is 0.114. The van der Waals surface area contributed by atoms with Crippen LogP contribution in [0.15, 0.2) is 0 Å². The lowest BCUT2D eigenvalue weighted by molar-refractivity contribution is -0.190. The molecule has 0 bridgehead atoms. The van der Waals surface area contributed by atoms with Gasteiger partial charge in [-0.2, -0.15) is 0 Å². The summed E-state index contributed by atoms with van der Waals surface area (Å²) in [4.78, 5) is 0. The molecule has 2 heteroatoms.